The van der Waals surface area contributed by atoms with E-state index in [1.165, 1.54) is 0 Å². The molecule has 142 valence electrons. The van der Waals surface area contributed by atoms with Crippen LogP contribution in [0.15, 0.2) is 24.3 Å². The van der Waals surface area contributed by atoms with Gasteiger partial charge in [-0.3, -0.25) is 4.79 Å². The van der Waals surface area contributed by atoms with Gasteiger partial charge in [-0.1, -0.05) is 23.7 Å². The first kappa shape index (κ1) is 19.0. The molecular weight excluding hydrogens is 352 g/mol. The van der Waals surface area contributed by atoms with Crippen LogP contribution in [0.25, 0.3) is 0 Å². The molecule has 1 aliphatic carbocycles. The summed E-state index contributed by atoms with van der Waals surface area (Å²) in [6.45, 7) is 7.70. The lowest BCUT2D eigenvalue weighted by Crippen LogP contribution is -2.52. The van der Waals surface area contributed by atoms with Crippen LogP contribution in [0.3, 0.4) is 0 Å². The topological polar surface area (TPSA) is 49.9 Å². The zero-order valence-electron chi connectivity index (χ0n) is 15.7. The molecule has 1 heterocycles. The van der Waals surface area contributed by atoms with E-state index in [9.17, 15) is 9.59 Å². The number of piperazine rings is 1. The van der Waals surface area contributed by atoms with Crippen molar-refractivity contribution in [1.82, 2.24) is 9.80 Å². The minimum atomic E-state index is -0.504. The summed E-state index contributed by atoms with van der Waals surface area (Å²) in [7, 11) is 0. The Morgan fingerprint density at radius 3 is 2.08 bits per heavy atom. The van der Waals surface area contributed by atoms with E-state index in [0.29, 0.717) is 37.1 Å². The van der Waals surface area contributed by atoms with Crippen molar-refractivity contribution in [3.63, 3.8) is 0 Å². The van der Waals surface area contributed by atoms with Crippen LogP contribution < -0.4 is 0 Å². The van der Waals surface area contributed by atoms with Gasteiger partial charge in [0.05, 0.1) is 5.92 Å². The average Bonchev–Trinajstić information content (AvgIpc) is 3.40. The summed E-state index contributed by atoms with van der Waals surface area (Å²) in [4.78, 5) is 28.9. The van der Waals surface area contributed by atoms with E-state index in [2.05, 4.69) is 0 Å². The van der Waals surface area contributed by atoms with Crippen molar-refractivity contribution in [2.75, 3.05) is 26.2 Å². The predicted molar refractivity (Wildman–Crippen MR) is 101 cm³/mol. The third kappa shape index (κ3) is 4.70. The summed E-state index contributed by atoms with van der Waals surface area (Å²) in [5.41, 5.74) is 0.534. The van der Waals surface area contributed by atoms with Crippen molar-refractivity contribution in [2.24, 2.45) is 5.92 Å². The zero-order valence-corrected chi connectivity index (χ0v) is 16.5. The number of amides is 2. The maximum atomic E-state index is 13.1. The van der Waals surface area contributed by atoms with Crippen molar-refractivity contribution in [3.8, 4) is 0 Å². The zero-order chi connectivity index (χ0) is 18.9. The summed E-state index contributed by atoms with van der Waals surface area (Å²) >= 11 is 5.99. The molecule has 6 heteroatoms. The number of halogens is 1. The van der Waals surface area contributed by atoms with E-state index >= 15 is 0 Å². The fourth-order valence-electron chi connectivity index (χ4n) is 3.35. The fraction of sp³-hybridized carbons (Fsp3) is 0.600. The molecule has 1 atom stereocenters. The van der Waals surface area contributed by atoms with Gasteiger partial charge in [0.1, 0.15) is 5.60 Å². The number of carbonyl (C=O) groups excluding carboxylic acids is 2. The Bertz CT molecular complexity index is 657. The van der Waals surface area contributed by atoms with E-state index in [1.807, 2.05) is 49.9 Å². The molecular formula is C20H27ClN2O3. The number of ether oxygens (including phenoxy) is 1. The predicted octanol–water partition coefficient (Wildman–Crippen LogP) is 3.91. The van der Waals surface area contributed by atoms with Gasteiger partial charge in [0.15, 0.2) is 0 Å². The van der Waals surface area contributed by atoms with Gasteiger partial charge in [-0.2, -0.15) is 0 Å². The SMILES string of the molecule is CC(C)(C)OC(=O)N1CCN(C(=O)C(c2ccc(Cl)cc2)C2CC2)CC1. The Labute approximate surface area is 160 Å². The smallest absolute Gasteiger partial charge is 0.410 e. The Kier molecular flexibility index (Phi) is 5.47. The summed E-state index contributed by atoms with van der Waals surface area (Å²) < 4.78 is 5.42. The number of nitrogens with zero attached hydrogens (tertiary/aromatic N) is 2. The second-order valence-corrected chi connectivity index (χ2v) is 8.60. The second-order valence-electron chi connectivity index (χ2n) is 8.16. The molecule has 0 N–H and O–H groups in total. The molecule has 2 aliphatic rings. The number of hydrogen-bond acceptors (Lipinski definition) is 3. The molecule has 1 aliphatic heterocycles. The van der Waals surface area contributed by atoms with E-state index in [-0.39, 0.29) is 17.9 Å². The Morgan fingerprint density at radius 2 is 1.58 bits per heavy atom. The normalized spacial score (nSPS) is 19.2. The first-order valence-electron chi connectivity index (χ1n) is 9.27. The van der Waals surface area contributed by atoms with Gasteiger partial charge in [-0.15, -0.1) is 0 Å². The first-order chi connectivity index (χ1) is 12.2. The van der Waals surface area contributed by atoms with Crippen molar-refractivity contribution >= 4 is 23.6 Å². The molecule has 1 saturated heterocycles. The fourth-order valence-corrected chi connectivity index (χ4v) is 3.47. The molecule has 2 fully saturated rings. The molecule has 26 heavy (non-hydrogen) atoms. The van der Waals surface area contributed by atoms with E-state index in [0.717, 1.165) is 18.4 Å². The van der Waals surface area contributed by atoms with Crippen LogP contribution >= 0.6 is 11.6 Å². The monoisotopic (exact) mass is 378 g/mol. The van der Waals surface area contributed by atoms with Gasteiger partial charge in [-0.25, -0.2) is 4.79 Å². The molecule has 5 nitrogen and oxygen atoms in total. The van der Waals surface area contributed by atoms with Crippen LogP contribution in [0.2, 0.25) is 5.02 Å². The minimum absolute atomic E-state index is 0.0969. The maximum absolute atomic E-state index is 13.1. The molecule has 1 saturated carbocycles. The highest BCUT2D eigenvalue weighted by atomic mass is 35.5. The molecule has 1 aromatic carbocycles. The summed E-state index contributed by atoms with van der Waals surface area (Å²) in [5, 5.41) is 0.682. The molecule has 3 rings (SSSR count). The lowest BCUT2D eigenvalue weighted by Gasteiger charge is -2.37. The van der Waals surface area contributed by atoms with Gasteiger partial charge >= 0.3 is 6.09 Å². The van der Waals surface area contributed by atoms with Gasteiger partial charge in [0, 0.05) is 31.2 Å². The molecule has 0 aromatic heterocycles. The van der Waals surface area contributed by atoms with E-state index in [1.54, 1.807) is 4.90 Å². The van der Waals surface area contributed by atoms with Crippen LogP contribution in [0.5, 0.6) is 0 Å². The second kappa shape index (κ2) is 7.47. The molecule has 0 spiro atoms. The van der Waals surface area contributed by atoms with E-state index < -0.39 is 5.60 Å². The Balaban J connectivity index is 1.62. The highest BCUT2D eigenvalue weighted by molar-refractivity contribution is 6.30. The Morgan fingerprint density at radius 1 is 1.04 bits per heavy atom. The molecule has 0 bridgehead atoms. The van der Waals surface area contributed by atoms with Crippen molar-refractivity contribution in [3.05, 3.63) is 34.9 Å². The largest absolute Gasteiger partial charge is 0.444 e. The third-order valence-corrected chi connectivity index (χ3v) is 5.08. The van der Waals surface area contributed by atoms with Crippen LogP contribution in [-0.4, -0.2) is 53.6 Å². The molecule has 1 unspecified atom stereocenters. The highest BCUT2D eigenvalue weighted by Gasteiger charge is 2.40. The van der Waals surface area contributed by atoms with Crippen LogP contribution in [0.4, 0.5) is 4.79 Å². The quantitative estimate of drug-likeness (QED) is 0.801. The highest BCUT2D eigenvalue weighted by Crippen LogP contribution is 2.44. The average molecular weight is 379 g/mol. The Hall–Kier alpha value is -1.75. The summed E-state index contributed by atoms with van der Waals surface area (Å²) in [6.07, 6.45) is 1.88. The molecule has 0 radical (unpaired) electrons. The molecule has 2 amide bonds. The maximum Gasteiger partial charge on any atom is 0.410 e. The summed E-state index contributed by atoms with van der Waals surface area (Å²) in [5.74, 6) is 0.492. The van der Waals surface area contributed by atoms with Crippen LogP contribution in [0, 0.1) is 5.92 Å². The van der Waals surface area contributed by atoms with Gasteiger partial charge < -0.3 is 14.5 Å². The standard InChI is InChI=1S/C20H27ClN2O3/c1-20(2,3)26-19(25)23-12-10-22(11-13-23)18(24)17(14-4-5-14)15-6-8-16(21)9-7-15/h6-9,14,17H,4-5,10-13H2,1-3H3. The number of hydrogen-bond donors (Lipinski definition) is 0. The minimum Gasteiger partial charge on any atom is -0.444 e. The van der Waals surface area contributed by atoms with Gasteiger partial charge in [0.2, 0.25) is 5.91 Å². The lowest BCUT2D eigenvalue weighted by atomic mass is 9.92. The first-order valence-corrected chi connectivity index (χ1v) is 9.64. The number of rotatable bonds is 3. The summed E-state index contributed by atoms with van der Waals surface area (Å²) in [6, 6.07) is 7.61. The molecule has 1 aromatic rings. The third-order valence-electron chi connectivity index (χ3n) is 4.83. The van der Waals surface area contributed by atoms with Gasteiger partial charge in [-0.05, 0) is 57.2 Å². The van der Waals surface area contributed by atoms with Crippen molar-refractivity contribution in [2.45, 2.75) is 45.1 Å². The van der Waals surface area contributed by atoms with Crippen LogP contribution in [0.1, 0.15) is 45.1 Å². The lowest BCUT2D eigenvalue weighted by molar-refractivity contribution is -0.135. The van der Waals surface area contributed by atoms with Gasteiger partial charge in [0.25, 0.3) is 0 Å². The number of carbonyl (C=O) groups is 2. The van der Waals surface area contributed by atoms with Crippen molar-refractivity contribution < 1.29 is 14.3 Å². The van der Waals surface area contributed by atoms with Crippen molar-refractivity contribution in [1.29, 1.82) is 0 Å². The van der Waals surface area contributed by atoms with Crippen LogP contribution in [-0.2, 0) is 9.53 Å². The number of benzene rings is 1. The van der Waals surface area contributed by atoms with E-state index in [4.69, 9.17) is 16.3 Å².